The van der Waals surface area contributed by atoms with Crippen molar-refractivity contribution >= 4 is 39.3 Å². The summed E-state index contributed by atoms with van der Waals surface area (Å²) in [4.78, 5) is 42.9. The second-order valence-corrected chi connectivity index (χ2v) is 11.7. The average Bonchev–Trinajstić information content (AvgIpc) is 3.75. The fraction of sp³-hybridized carbons (Fsp3) is 0.258. The number of nitrogens with zero attached hydrogens (tertiary/aromatic N) is 3. The number of hydrogen-bond donors (Lipinski definition) is 1. The van der Waals surface area contributed by atoms with Crippen molar-refractivity contribution < 1.29 is 14.3 Å². The van der Waals surface area contributed by atoms with E-state index < -0.39 is 5.91 Å². The summed E-state index contributed by atoms with van der Waals surface area (Å²) in [5, 5.41) is 3.40. The van der Waals surface area contributed by atoms with Crippen molar-refractivity contribution in [2.75, 3.05) is 0 Å². The van der Waals surface area contributed by atoms with Crippen LogP contribution in [0.25, 0.3) is 5.69 Å². The summed E-state index contributed by atoms with van der Waals surface area (Å²) >= 11 is 9.64. The second-order valence-electron chi connectivity index (χ2n) is 10.4. The first-order valence-electron chi connectivity index (χ1n) is 13.5. The van der Waals surface area contributed by atoms with Crippen LogP contribution in [0.4, 0.5) is 0 Å². The Labute approximate surface area is 250 Å². The molecule has 8 nitrogen and oxygen atoms in total. The van der Waals surface area contributed by atoms with Crippen LogP contribution in [0.1, 0.15) is 51.9 Å². The molecule has 2 amide bonds. The minimum Gasteiger partial charge on any atom is -0.490 e. The predicted octanol–water partition coefficient (Wildman–Crippen LogP) is 5.57. The van der Waals surface area contributed by atoms with Gasteiger partial charge in [0.25, 0.3) is 11.8 Å². The summed E-state index contributed by atoms with van der Waals surface area (Å²) in [6.07, 6.45) is 2.33. The molecule has 0 spiro atoms. The Morgan fingerprint density at radius 3 is 2.46 bits per heavy atom. The molecule has 0 saturated heterocycles. The van der Waals surface area contributed by atoms with E-state index in [4.69, 9.17) is 16.3 Å². The first-order chi connectivity index (χ1) is 19.8. The van der Waals surface area contributed by atoms with E-state index in [0.717, 1.165) is 24.2 Å². The fourth-order valence-electron chi connectivity index (χ4n) is 5.07. The molecular formula is C31H28BrClN4O4. The number of carbonyl (C=O) groups excluding carboxylic acids is 2. The highest BCUT2D eigenvalue weighted by Crippen LogP contribution is 2.29. The predicted molar refractivity (Wildman–Crippen MR) is 160 cm³/mol. The van der Waals surface area contributed by atoms with Crippen molar-refractivity contribution in [1.29, 1.82) is 0 Å². The van der Waals surface area contributed by atoms with Crippen molar-refractivity contribution in [1.82, 2.24) is 19.4 Å². The van der Waals surface area contributed by atoms with E-state index in [0.29, 0.717) is 33.0 Å². The molecule has 210 valence electrons. The lowest BCUT2D eigenvalue weighted by Gasteiger charge is -2.34. The average molecular weight is 636 g/mol. The van der Waals surface area contributed by atoms with Crippen LogP contribution in [0.5, 0.6) is 5.75 Å². The molecule has 4 aromatic rings. The Morgan fingerprint density at radius 1 is 1.05 bits per heavy atom. The van der Waals surface area contributed by atoms with Crippen molar-refractivity contribution in [2.45, 2.75) is 51.5 Å². The maximum atomic E-state index is 13.8. The number of amides is 2. The highest BCUT2D eigenvalue weighted by atomic mass is 79.9. The Morgan fingerprint density at radius 2 is 1.78 bits per heavy atom. The number of carbonyl (C=O) groups is 2. The van der Waals surface area contributed by atoms with Gasteiger partial charge in [0.15, 0.2) is 0 Å². The van der Waals surface area contributed by atoms with Crippen LogP contribution in [0, 0.1) is 0 Å². The van der Waals surface area contributed by atoms with Gasteiger partial charge in [0.05, 0.1) is 29.1 Å². The normalized spacial score (nSPS) is 16.3. The maximum absolute atomic E-state index is 13.8. The molecule has 1 aromatic heterocycles. The van der Waals surface area contributed by atoms with E-state index in [1.165, 1.54) is 4.57 Å². The molecule has 1 atom stereocenters. The molecule has 0 radical (unpaired) electrons. The van der Waals surface area contributed by atoms with Gasteiger partial charge in [-0.3, -0.25) is 18.7 Å². The van der Waals surface area contributed by atoms with Gasteiger partial charge in [-0.1, -0.05) is 41.9 Å². The molecule has 41 heavy (non-hydrogen) atoms. The number of imidazole rings is 1. The molecular weight excluding hydrogens is 608 g/mol. The summed E-state index contributed by atoms with van der Waals surface area (Å²) in [6, 6.07) is 21.5. The van der Waals surface area contributed by atoms with Crippen molar-refractivity contribution in [2.24, 2.45) is 0 Å². The van der Waals surface area contributed by atoms with Crippen molar-refractivity contribution in [3.8, 4) is 11.4 Å². The molecule has 0 unspecified atom stereocenters. The van der Waals surface area contributed by atoms with Gasteiger partial charge in [-0.05, 0) is 83.7 Å². The summed E-state index contributed by atoms with van der Waals surface area (Å²) in [5.41, 5.74) is 2.28. The minimum absolute atomic E-state index is 0.0902. The van der Waals surface area contributed by atoms with E-state index in [-0.39, 0.29) is 42.5 Å². The number of rotatable bonds is 7. The zero-order chi connectivity index (χ0) is 28.7. The van der Waals surface area contributed by atoms with Gasteiger partial charge in [0.1, 0.15) is 11.4 Å². The Kier molecular flexibility index (Phi) is 7.48. The summed E-state index contributed by atoms with van der Waals surface area (Å²) in [5.74, 6) is 0.101. The van der Waals surface area contributed by atoms with E-state index in [2.05, 4.69) is 21.2 Å². The van der Waals surface area contributed by atoms with E-state index in [1.807, 2.05) is 49.4 Å². The highest BCUT2D eigenvalue weighted by Gasteiger charge is 2.35. The molecule has 2 aliphatic rings. The Hall–Kier alpha value is -3.82. The quantitative estimate of drug-likeness (QED) is 0.288. The van der Waals surface area contributed by atoms with Crippen LogP contribution in [0.2, 0.25) is 5.02 Å². The number of nitrogens with one attached hydrogen (secondary N) is 1. The lowest BCUT2D eigenvalue weighted by Crippen LogP contribution is -2.47. The third-order valence-electron chi connectivity index (χ3n) is 7.40. The van der Waals surface area contributed by atoms with Crippen molar-refractivity contribution in [3.63, 3.8) is 0 Å². The van der Waals surface area contributed by atoms with Gasteiger partial charge in [-0.25, -0.2) is 4.79 Å². The smallest absolute Gasteiger partial charge is 0.333 e. The molecule has 6 rings (SSSR count). The molecule has 10 heteroatoms. The van der Waals surface area contributed by atoms with Gasteiger partial charge >= 0.3 is 5.69 Å². The highest BCUT2D eigenvalue weighted by molar-refractivity contribution is 9.10. The zero-order valence-corrected chi connectivity index (χ0v) is 24.7. The lowest BCUT2D eigenvalue weighted by atomic mass is 10.1. The molecule has 1 saturated carbocycles. The molecule has 1 aliphatic heterocycles. The number of halogens is 2. The molecule has 3 aromatic carbocycles. The van der Waals surface area contributed by atoms with Crippen molar-refractivity contribution in [3.05, 3.63) is 115 Å². The van der Waals surface area contributed by atoms with Crippen LogP contribution in [-0.2, 0) is 19.6 Å². The molecule has 1 N–H and O–H groups in total. The third kappa shape index (κ3) is 5.56. The minimum atomic E-state index is -0.397. The van der Waals surface area contributed by atoms with E-state index in [1.54, 1.807) is 39.8 Å². The van der Waals surface area contributed by atoms with Gasteiger partial charge < -0.3 is 15.0 Å². The topological polar surface area (TPSA) is 85.6 Å². The van der Waals surface area contributed by atoms with Gasteiger partial charge in [-0.15, -0.1) is 0 Å². The summed E-state index contributed by atoms with van der Waals surface area (Å²) < 4.78 is 9.62. The standard InChI is InChI=1S/C31H28BrClN4O4/c1-19-17-36-27(18-35(19)30(39)21-7-14-25(32)26(33)15-21)28(29(38)34-16-20-5-3-2-4-6-20)37(31(36)40)22-8-10-23(11-9-22)41-24-12-13-24/h2-11,14-15,19,24H,12-13,16-18H2,1H3,(H,34,38)/t19-/m1/s1. The first-order valence-corrected chi connectivity index (χ1v) is 14.7. The van der Waals surface area contributed by atoms with Crippen LogP contribution in [0.3, 0.4) is 0 Å². The molecule has 1 fully saturated rings. The zero-order valence-electron chi connectivity index (χ0n) is 22.3. The third-order valence-corrected chi connectivity index (χ3v) is 8.64. The monoisotopic (exact) mass is 634 g/mol. The van der Waals surface area contributed by atoms with E-state index >= 15 is 0 Å². The number of benzene rings is 3. The van der Waals surface area contributed by atoms with Crippen LogP contribution in [0.15, 0.2) is 82.1 Å². The number of aromatic nitrogens is 2. The van der Waals surface area contributed by atoms with E-state index in [9.17, 15) is 14.4 Å². The summed E-state index contributed by atoms with van der Waals surface area (Å²) in [6.45, 7) is 2.53. The molecule has 2 heterocycles. The van der Waals surface area contributed by atoms with Gasteiger partial charge in [0.2, 0.25) is 0 Å². The second kappa shape index (κ2) is 11.2. The number of fused-ring (bicyclic) bond motifs is 1. The Bertz CT molecular complexity index is 1680. The van der Waals surface area contributed by atoms with Gasteiger partial charge in [0, 0.05) is 29.2 Å². The molecule has 0 bridgehead atoms. The SMILES string of the molecule is C[C@@H]1Cn2c(c(C(=O)NCc3ccccc3)n(-c3ccc(OC4CC4)cc3)c2=O)CN1C(=O)c1ccc(Br)c(Cl)c1. The first kappa shape index (κ1) is 27.4. The lowest BCUT2D eigenvalue weighted by molar-refractivity contribution is 0.0610. The van der Waals surface area contributed by atoms with Crippen LogP contribution in [-0.4, -0.2) is 38.0 Å². The summed E-state index contributed by atoms with van der Waals surface area (Å²) in [7, 11) is 0. The maximum Gasteiger partial charge on any atom is 0.333 e. The van der Waals surface area contributed by atoms with Gasteiger partial charge in [-0.2, -0.15) is 0 Å². The number of hydrogen-bond acceptors (Lipinski definition) is 4. The largest absolute Gasteiger partial charge is 0.490 e. The number of ether oxygens (including phenoxy) is 1. The molecule has 1 aliphatic carbocycles. The Balaban J connectivity index is 1.38. The van der Waals surface area contributed by atoms with Crippen LogP contribution < -0.4 is 15.7 Å². The van der Waals surface area contributed by atoms with Crippen LogP contribution >= 0.6 is 27.5 Å². The fourth-order valence-corrected chi connectivity index (χ4v) is 5.50.